The summed E-state index contributed by atoms with van der Waals surface area (Å²) in [5.41, 5.74) is 0. The molecular weight excluding hydrogens is 248 g/mol. The van der Waals surface area contributed by atoms with E-state index in [2.05, 4.69) is 10.6 Å². The number of thiophene rings is 1. The summed E-state index contributed by atoms with van der Waals surface area (Å²) < 4.78 is 0. The molecule has 1 aliphatic heterocycles. The Morgan fingerprint density at radius 1 is 1.44 bits per heavy atom. The van der Waals surface area contributed by atoms with Gasteiger partial charge in [0.25, 0.3) is 0 Å². The second-order valence-corrected chi connectivity index (χ2v) is 5.46. The Balaban J connectivity index is 1.69. The van der Waals surface area contributed by atoms with Crippen LogP contribution in [0.4, 0.5) is 0 Å². The molecule has 1 aromatic rings. The van der Waals surface area contributed by atoms with Gasteiger partial charge < -0.3 is 10.6 Å². The minimum absolute atomic E-state index is 0.0198. The van der Waals surface area contributed by atoms with Crippen LogP contribution in [0.1, 0.15) is 35.4 Å². The van der Waals surface area contributed by atoms with Gasteiger partial charge in [-0.3, -0.25) is 9.59 Å². The van der Waals surface area contributed by atoms with Crippen LogP contribution in [0.15, 0.2) is 17.5 Å². The van der Waals surface area contributed by atoms with Crippen molar-refractivity contribution in [3.63, 3.8) is 0 Å². The van der Waals surface area contributed by atoms with Crippen molar-refractivity contribution < 1.29 is 9.59 Å². The van der Waals surface area contributed by atoms with E-state index in [4.69, 9.17) is 0 Å². The third-order valence-corrected chi connectivity index (χ3v) is 3.95. The van der Waals surface area contributed by atoms with Crippen LogP contribution in [-0.4, -0.2) is 30.8 Å². The third kappa shape index (κ3) is 3.92. The van der Waals surface area contributed by atoms with Gasteiger partial charge in [0.15, 0.2) is 5.78 Å². The number of Topliss-reactive ketones (excluding diaryl/α,β-unsaturated/α-hetero) is 1. The molecule has 1 amide bonds. The van der Waals surface area contributed by atoms with E-state index in [-0.39, 0.29) is 24.2 Å². The fourth-order valence-corrected chi connectivity index (χ4v) is 2.76. The highest BCUT2D eigenvalue weighted by Crippen LogP contribution is 2.12. The number of ketones is 1. The lowest BCUT2D eigenvalue weighted by atomic mass is 10.1. The second-order valence-electron chi connectivity index (χ2n) is 4.51. The Morgan fingerprint density at radius 3 is 3.00 bits per heavy atom. The number of nitrogens with one attached hydrogen (secondary N) is 2. The van der Waals surface area contributed by atoms with Gasteiger partial charge in [0.1, 0.15) is 0 Å². The number of piperidine rings is 1. The Kier molecular flexibility index (Phi) is 4.90. The summed E-state index contributed by atoms with van der Waals surface area (Å²) in [6.45, 7) is 1.87. The van der Waals surface area contributed by atoms with Crippen molar-refractivity contribution in [3.05, 3.63) is 22.4 Å². The van der Waals surface area contributed by atoms with Crippen LogP contribution in [0, 0.1) is 0 Å². The van der Waals surface area contributed by atoms with Crippen molar-refractivity contribution in [2.75, 3.05) is 13.1 Å². The van der Waals surface area contributed by atoms with E-state index in [0.717, 1.165) is 30.8 Å². The molecular formula is C13H18N2O2S. The van der Waals surface area contributed by atoms with Crippen LogP contribution in [0.25, 0.3) is 0 Å². The molecule has 0 aliphatic carbocycles. The summed E-state index contributed by atoms with van der Waals surface area (Å²) in [6.07, 6.45) is 2.70. The van der Waals surface area contributed by atoms with E-state index in [0.29, 0.717) is 6.42 Å². The molecule has 1 atom stereocenters. The predicted octanol–water partition coefficient (Wildman–Crippen LogP) is 1.58. The maximum absolute atomic E-state index is 11.7. The number of hydrogen-bond acceptors (Lipinski definition) is 4. The lowest BCUT2D eigenvalue weighted by Gasteiger charge is -2.23. The van der Waals surface area contributed by atoms with Crippen LogP contribution in [0.5, 0.6) is 0 Å². The standard InChI is InChI=1S/C13H18N2O2S/c16-11(12-4-2-8-18-12)5-6-13(17)15-10-3-1-7-14-9-10/h2,4,8,10,14H,1,3,5-7,9H2,(H,15,17)/t10-/m0/s1. The first-order chi connectivity index (χ1) is 8.75. The minimum atomic E-state index is -0.0198. The normalized spacial score (nSPS) is 19.4. The molecule has 2 heterocycles. The Labute approximate surface area is 111 Å². The van der Waals surface area contributed by atoms with Crippen LogP contribution in [0.2, 0.25) is 0 Å². The molecule has 2 rings (SSSR count). The Hall–Kier alpha value is -1.20. The second kappa shape index (κ2) is 6.66. The van der Waals surface area contributed by atoms with E-state index in [1.54, 1.807) is 6.07 Å². The zero-order valence-electron chi connectivity index (χ0n) is 10.3. The number of hydrogen-bond donors (Lipinski definition) is 2. The maximum atomic E-state index is 11.7. The van der Waals surface area contributed by atoms with Gasteiger partial charge in [-0.1, -0.05) is 6.07 Å². The van der Waals surface area contributed by atoms with Gasteiger partial charge in [-0.05, 0) is 30.8 Å². The van der Waals surface area contributed by atoms with Gasteiger partial charge >= 0.3 is 0 Å². The Morgan fingerprint density at radius 2 is 2.33 bits per heavy atom. The minimum Gasteiger partial charge on any atom is -0.352 e. The highest BCUT2D eigenvalue weighted by Gasteiger charge is 2.16. The summed E-state index contributed by atoms with van der Waals surface area (Å²) in [6, 6.07) is 3.88. The van der Waals surface area contributed by atoms with Crippen molar-refractivity contribution in [2.45, 2.75) is 31.7 Å². The molecule has 1 fully saturated rings. The topological polar surface area (TPSA) is 58.2 Å². The molecule has 98 valence electrons. The van der Waals surface area contributed by atoms with Gasteiger partial charge in [-0.25, -0.2) is 0 Å². The molecule has 4 nitrogen and oxygen atoms in total. The third-order valence-electron chi connectivity index (χ3n) is 3.04. The van der Waals surface area contributed by atoms with E-state index in [1.807, 2.05) is 11.4 Å². The molecule has 1 aliphatic rings. The van der Waals surface area contributed by atoms with Gasteiger partial charge in [-0.2, -0.15) is 0 Å². The van der Waals surface area contributed by atoms with Crippen molar-refractivity contribution in [3.8, 4) is 0 Å². The summed E-state index contributed by atoms with van der Waals surface area (Å²) >= 11 is 1.43. The van der Waals surface area contributed by atoms with E-state index in [1.165, 1.54) is 11.3 Å². The summed E-state index contributed by atoms with van der Waals surface area (Å²) in [5, 5.41) is 8.09. The fraction of sp³-hybridized carbons (Fsp3) is 0.538. The molecule has 1 aromatic heterocycles. The molecule has 0 saturated carbocycles. The van der Waals surface area contributed by atoms with Gasteiger partial charge in [-0.15, -0.1) is 11.3 Å². The fourth-order valence-electron chi connectivity index (χ4n) is 2.06. The average Bonchev–Trinajstić information content (AvgIpc) is 2.91. The Bertz CT molecular complexity index is 397. The van der Waals surface area contributed by atoms with Crippen molar-refractivity contribution in [1.29, 1.82) is 0 Å². The number of carbonyl (C=O) groups excluding carboxylic acids is 2. The van der Waals surface area contributed by atoms with E-state index in [9.17, 15) is 9.59 Å². The van der Waals surface area contributed by atoms with Crippen molar-refractivity contribution >= 4 is 23.0 Å². The smallest absolute Gasteiger partial charge is 0.220 e. The van der Waals surface area contributed by atoms with E-state index >= 15 is 0 Å². The maximum Gasteiger partial charge on any atom is 0.220 e. The zero-order valence-corrected chi connectivity index (χ0v) is 11.1. The van der Waals surface area contributed by atoms with E-state index < -0.39 is 0 Å². The number of amides is 1. The summed E-state index contributed by atoms with van der Waals surface area (Å²) in [7, 11) is 0. The highest BCUT2D eigenvalue weighted by molar-refractivity contribution is 7.12. The van der Waals surface area contributed by atoms with Gasteiger partial charge in [0.2, 0.25) is 5.91 Å². The predicted molar refractivity (Wildman–Crippen MR) is 71.9 cm³/mol. The molecule has 0 spiro atoms. The van der Waals surface area contributed by atoms with Gasteiger partial charge in [0.05, 0.1) is 4.88 Å². The SMILES string of the molecule is O=C(CCC(=O)c1cccs1)N[C@H]1CCCNC1. The summed E-state index contributed by atoms with van der Waals surface area (Å²) in [5.74, 6) is 0.0375. The molecule has 2 N–H and O–H groups in total. The molecule has 5 heteroatoms. The molecule has 1 saturated heterocycles. The monoisotopic (exact) mass is 266 g/mol. The molecule has 0 bridgehead atoms. The number of rotatable bonds is 5. The lowest BCUT2D eigenvalue weighted by molar-refractivity contribution is -0.121. The van der Waals surface area contributed by atoms with Crippen LogP contribution < -0.4 is 10.6 Å². The largest absolute Gasteiger partial charge is 0.352 e. The highest BCUT2D eigenvalue weighted by atomic mass is 32.1. The molecule has 0 aromatic carbocycles. The van der Waals surface area contributed by atoms with Crippen molar-refractivity contribution in [2.24, 2.45) is 0 Å². The quantitative estimate of drug-likeness (QED) is 0.796. The zero-order chi connectivity index (χ0) is 12.8. The summed E-state index contributed by atoms with van der Waals surface area (Å²) in [4.78, 5) is 24.2. The molecule has 0 unspecified atom stereocenters. The first-order valence-electron chi connectivity index (χ1n) is 6.32. The lowest BCUT2D eigenvalue weighted by Crippen LogP contribution is -2.45. The average molecular weight is 266 g/mol. The van der Waals surface area contributed by atoms with Crippen LogP contribution in [-0.2, 0) is 4.79 Å². The first-order valence-corrected chi connectivity index (χ1v) is 7.20. The van der Waals surface area contributed by atoms with Crippen LogP contribution >= 0.6 is 11.3 Å². The molecule has 18 heavy (non-hydrogen) atoms. The van der Waals surface area contributed by atoms with Crippen molar-refractivity contribution in [1.82, 2.24) is 10.6 Å². The first kappa shape index (κ1) is 13.2. The van der Waals surface area contributed by atoms with Gasteiger partial charge in [0, 0.05) is 25.4 Å². The number of carbonyl (C=O) groups is 2. The molecule has 0 radical (unpaired) electrons. The van der Waals surface area contributed by atoms with Crippen LogP contribution in [0.3, 0.4) is 0 Å².